The first-order chi connectivity index (χ1) is 13.7. The summed E-state index contributed by atoms with van der Waals surface area (Å²) in [5, 5.41) is 1.57. The average Bonchev–Trinajstić information content (AvgIpc) is 2.72. The first-order valence-corrected chi connectivity index (χ1v) is 9.58. The fourth-order valence-electron chi connectivity index (χ4n) is 2.68. The number of carbonyl (C=O) groups is 1. The third-order valence-electron chi connectivity index (χ3n) is 4.10. The highest BCUT2D eigenvalue weighted by Crippen LogP contribution is 2.27. The molecule has 28 heavy (non-hydrogen) atoms. The van der Waals surface area contributed by atoms with E-state index in [1.807, 2.05) is 48.5 Å². The lowest BCUT2D eigenvalue weighted by Gasteiger charge is -2.10. The summed E-state index contributed by atoms with van der Waals surface area (Å²) in [4.78, 5) is 15.7. The zero-order valence-corrected chi connectivity index (χ0v) is 16.4. The highest BCUT2D eigenvalue weighted by Gasteiger charge is 2.07. The molecule has 146 valence electrons. The van der Waals surface area contributed by atoms with Gasteiger partial charge in [-0.05, 0) is 43.7 Å². The van der Waals surface area contributed by atoms with Crippen molar-refractivity contribution in [3.8, 4) is 11.5 Å². The van der Waals surface area contributed by atoms with Gasteiger partial charge >= 0.3 is 5.97 Å². The van der Waals surface area contributed by atoms with Crippen LogP contribution in [0.15, 0.2) is 54.7 Å². The maximum Gasteiger partial charge on any atom is 0.305 e. The Bertz CT molecular complexity index is 927. The smallest absolute Gasteiger partial charge is 0.305 e. The number of nitrogens with zero attached hydrogens (tertiary/aromatic N) is 1. The molecule has 3 rings (SSSR count). The standard InChI is InChI=1S/C22H22ClNO4/c1-2-26-21(25)8-5-13-27-17-9-11-18(12-10-17)28-15-16-14-24-20-7-4-3-6-19(20)22(16)23/h3-4,6-7,9-12,14H,2,5,8,13,15H2,1H3. The zero-order chi connectivity index (χ0) is 19.8. The minimum absolute atomic E-state index is 0.198. The normalized spacial score (nSPS) is 10.6. The number of fused-ring (bicyclic) bond motifs is 1. The number of rotatable bonds is 9. The van der Waals surface area contributed by atoms with E-state index >= 15 is 0 Å². The second kappa shape index (κ2) is 9.95. The number of hydrogen-bond acceptors (Lipinski definition) is 5. The van der Waals surface area contributed by atoms with Crippen LogP contribution in [0.5, 0.6) is 11.5 Å². The molecule has 2 aromatic carbocycles. The van der Waals surface area contributed by atoms with Crippen molar-refractivity contribution in [1.29, 1.82) is 0 Å². The minimum Gasteiger partial charge on any atom is -0.494 e. The Balaban J connectivity index is 1.49. The first kappa shape index (κ1) is 20.0. The number of halogens is 1. The SMILES string of the molecule is CCOC(=O)CCCOc1ccc(OCc2cnc3ccccc3c2Cl)cc1. The molecule has 3 aromatic rings. The number of hydrogen-bond donors (Lipinski definition) is 0. The molecule has 1 heterocycles. The molecule has 1 aromatic heterocycles. The van der Waals surface area contributed by atoms with Crippen LogP contribution in [-0.4, -0.2) is 24.2 Å². The molecule has 0 fully saturated rings. The molecule has 6 heteroatoms. The zero-order valence-electron chi connectivity index (χ0n) is 15.7. The molecule has 0 radical (unpaired) electrons. The number of benzene rings is 2. The predicted molar refractivity (Wildman–Crippen MR) is 109 cm³/mol. The largest absolute Gasteiger partial charge is 0.494 e. The van der Waals surface area contributed by atoms with E-state index in [0.29, 0.717) is 43.4 Å². The molecule has 0 amide bonds. The van der Waals surface area contributed by atoms with Crippen LogP contribution in [0.2, 0.25) is 5.02 Å². The van der Waals surface area contributed by atoms with Crippen LogP contribution < -0.4 is 9.47 Å². The predicted octanol–water partition coefficient (Wildman–Crippen LogP) is 5.19. The molecule has 0 N–H and O–H groups in total. The molecule has 0 atom stereocenters. The molecule has 0 saturated heterocycles. The number of carbonyl (C=O) groups excluding carboxylic acids is 1. The highest BCUT2D eigenvalue weighted by molar-refractivity contribution is 6.36. The van der Waals surface area contributed by atoms with Gasteiger partial charge in [-0.25, -0.2) is 0 Å². The van der Waals surface area contributed by atoms with Gasteiger partial charge in [-0.2, -0.15) is 0 Å². The topological polar surface area (TPSA) is 57.7 Å². The summed E-state index contributed by atoms with van der Waals surface area (Å²) >= 11 is 6.47. The molecule has 0 unspecified atom stereocenters. The molecule has 5 nitrogen and oxygen atoms in total. The molecule has 0 aliphatic carbocycles. The van der Waals surface area contributed by atoms with E-state index in [-0.39, 0.29) is 5.97 Å². The van der Waals surface area contributed by atoms with Crippen molar-refractivity contribution < 1.29 is 19.0 Å². The van der Waals surface area contributed by atoms with Gasteiger partial charge in [-0.3, -0.25) is 9.78 Å². The monoisotopic (exact) mass is 399 g/mol. The summed E-state index contributed by atoms with van der Waals surface area (Å²) in [5.41, 5.74) is 1.69. The van der Waals surface area contributed by atoms with Crippen LogP contribution in [-0.2, 0) is 16.1 Å². The van der Waals surface area contributed by atoms with Gasteiger partial charge in [0.05, 0.1) is 23.8 Å². The summed E-state index contributed by atoms with van der Waals surface area (Å²) in [6, 6.07) is 15.1. The molecule has 0 bridgehead atoms. The van der Waals surface area contributed by atoms with Gasteiger partial charge < -0.3 is 14.2 Å². The first-order valence-electron chi connectivity index (χ1n) is 9.20. The third-order valence-corrected chi connectivity index (χ3v) is 4.55. The fraction of sp³-hybridized carbons (Fsp3) is 0.273. The van der Waals surface area contributed by atoms with Crippen LogP contribution in [0.3, 0.4) is 0 Å². The second-order valence-electron chi connectivity index (χ2n) is 6.13. The van der Waals surface area contributed by atoms with Gasteiger partial charge in [-0.15, -0.1) is 0 Å². The van der Waals surface area contributed by atoms with Crippen molar-refractivity contribution >= 4 is 28.5 Å². The van der Waals surface area contributed by atoms with Gasteiger partial charge in [0.15, 0.2) is 0 Å². The third kappa shape index (κ3) is 5.36. The maximum absolute atomic E-state index is 11.3. The Hall–Kier alpha value is -2.79. The molecular weight excluding hydrogens is 378 g/mol. The maximum atomic E-state index is 11.3. The van der Waals surface area contributed by atoms with Gasteiger partial charge in [-0.1, -0.05) is 29.8 Å². The Kier molecular flexibility index (Phi) is 7.09. The van der Waals surface area contributed by atoms with Crippen molar-refractivity contribution in [2.24, 2.45) is 0 Å². The van der Waals surface area contributed by atoms with E-state index in [0.717, 1.165) is 22.2 Å². The van der Waals surface area contributed by atoms with E-state index in [4.69, 9.17) is 25.8 Å². The van der Waals surface area contributed by atoms with Crippen LogP contribution in [0.4, 0.5) is 0 Å². The average molecular weight is 400 g/mol. The van der Waals surface area contributed by atoms with E-state index in [9.17, 15) is 4.79 Å². The van der Waals surface area contributed by atoms with Crippen molar-refractivity contribution in [3.63, 3.8) is 0 Å². The second-order valence-corrected chi connectivity index (χ2v) is 6.51. The summed E-state index contributed by atoms with van der Waals surface area (Å²) in [5.74, 6) is 1.24. The molecule has 0 aliphatic rings. The van der Waals surface area contributed by atoms with Gasteiger partial charge in [0.2, 0.25) is 0 Å². The number of aromatic nitrogens is 1. The van der Waals surface area contributed by atoms with Crippen molar-refractivity contribution in [1.82, 2.24) is 4.98 Å². The lowest BCUT2D eigenvalue weighted by molar-refractivity contribution is -0.143. The highest BCUT2D eigenvalue weighted by atomic mass is 35.5. The van der Waals surface area contributed by atoms with Crippen LogP contribution in [0, 0.1) is 0 Å². The van der Waals surface area contributed by atoms with Gasteiger partial charge in [0.25, 0.3) is 0 Å². The Morgan fingerprint density at radius 3 is 2.50 bits per heavy atom. The Morgan fingerprint density at radius 1 is 1.04 bits per heavy atom. The lowest BCUT2D eigenvalue weighted by Crippen LogP contribution is -2.06. The Morgan fingerprint density at radius 2 is 1.75 bits per heavy atom. The van der Waals surface area contributed by atoms with E-state index in [1.54, 1.807) is 13.1 Å². The number of ether oxygens (including phenoxy) is 3. The summed E-state index contributed by atoms with van der Waals surface area (Å²) in [7, 11) is 0. The van der Waals surface area contributed by atoms with E-state index < -0.39 is 0 Å². The van der Waals surface area contributed by atoms with Crippen LogP contribution >= 0.6 is 11.6 Å². The fourth-order valence-corrected chi connectivity index (χ4v) is 2.95. The molecular formula is C22H22ClNO4. The summed E-state index contributed by atoms with van der Waals surface area (Å²) < 4.78 is 16.3. The van der Waals surface area contributed by atoms with Gasteiger partial charge in [0, 0.05) is 23.6 Å². The Labute approximate surface area is 169 Å². The minimum atomic E-state index is -0.198. The van der Waals surface area contributed by atoms with Crippen molar-refractivity contribution in [2.45, 2.75) is 26.4 Å². The van der Waals surface area contributed by atoms with Crippen LogP contribution in [0.25, 0.3) is 10.9 Å². The number of pyridine rings is 1. The van der Waals surface area contributed by atoms with E-state index in [2.05, 4.69) is 4.98 Å². The molecule has 0 aliphatic heterocycles. The molecule has 0 saturated carbocycles. The van der Waals surface area contributed by atoms with Crippen molar-refractivity contribution in [3.05, 3.63) is 65.3 Å². The summed E-state index contributed by atoms with van der Waals surface area (Å²) in [6.07, 6.45) is 2.71. The number of esters is 1. The van der Waals surface area contributed by atoms with Gasteiger partial charge in [0.1, 0.15) is 18.1 Å². The van der Waals surface area contributed by atoms with Crippen molar-refractivity contribution in [2.75, 3.05) is 13.2 Å². The lowest BCUT2D eigenvalue weighted by atomic mass is 10.1. The molecule has 0 spiro atoms. The number of para-hydroxylation sites is 1. The summed E-state index contributed by atoms with van der Waals surface area (Å²) in [6.45, 7) is 2.98. The van der Waals surface area contributed by atoms with Crippen LogP contribution in [0.1, 0.15) is 25.3 Å². The quantitative estimate of drug-likeness (QED) is 0.366. The van der Waals surface area contributed by atoms with E-state index in [1.165, 1.54) is 0 Å².